The average Bonchev–Trinajstić information content (AvgIpc) is 3.22. The van der Waals surface area contributed by atoms with Gasteiger partial charge in [0.2, 0.25) is 0 Å². The first-order chi connectivity index (χ1) is 11.2. The highest BCUT2D eigenvalue weighted by Gasteiger charge is 2.11. The van der Waals surface area contributed by atoms with Crippen molar-refractivity contribution in [3.05, 3.63) is 65.8 Å². The summed E-state index contributed by atoms with van der Waals surface area (Å²) < 4.78 is 15.5. The van der Waals surface area contributed by atoms with Gasteiger partial charge < -0.3 is 13.6 Å². The molecule has 0 N–H and O–H groups in total. The van der Waals surface area contributed by atoms with Crippen LogP contribution in [0.15, 0.2) is 57.6 Å². The normalized spacial score (nSPS) is 11.0. The monoisotopic (exact) mass is 310 g/mol. The predicted molar refractivity (Wildman–Crippen MR) is 82.0 cm³/mol. The summed E-state index contributed by atoms with van der Waals surface area (Å²) in [5.74, 6) is 0.434. The minimum atomic E-state index is -0.482. The van der Waals surface area contributed by atoms with Gasteiger partial charge in [-0.3, -0.25) is 0 Å². The molecular weight excluding hydrogens is 296 g/mol. The molecule has 0 aliphatic rings. The Morgan fingerprint density at radius 3 is 2.96 bits per heavy atom. The van der Waals surface area contributed by atoms with Crippen LogP contribution in [0.2, 0.25) is 0 Å². The molecule has 3 aromatic rings. The van der Waals surface area contributed by atoms with E-state index in [1.165, 1.54) is 12.3 Å². The minimum Gasteiger partial charge on any atom is -0.459 e. The van der Waals surface area contributed by atoms with E-state index in [0.717, 1.165) is 11.1 Å². The molecule has 0 bridgehead atoms. The fourth-order valence-electron chi connectivity index (χ4n) is 1.93. The molecule has 0 aliphatic heterocycles. The lowest BCUT2D eigenvalue weighted by molar-refractivity contribution is -0.139. The second-order valence-electron chi connectivity index (χ2n) is 4.83. The van der Waals surface area contributed by atoms with Gasteiger partial charge in [0.25, 0.3) is 11.8 Å². The maximum Gasteiger partial charge on any atom is 0.331 e. The van der Waals surface area contributed by atoms with Gasteiger partial charge in [0.05, 0.1) is 6.26 Å². The van der Waals surface area contributed by atoms with Gasteiger partial charge >= 0.3 is 5.97 Å². The Morgan fingerprint density at radius 2 is 2.17 bits per heavy atom. The summed E-state index contributed by atoms with van der Waals surface area (Å²) in [5, 5.41) is 7.62. The minimum absolute atomic E-state index is 0.0926. The molecule has 0 fully saturated rings. The summed E-state index contributed by atoms with van der Waals surface area (Å²) in [6, 6.07) is 11.2. The van der Waals surface area contributed by atoms with E-state index in [0.29, 0.717) is 5.76 Å². The maximum absolute atomic E-state index is 11.7. The molecule has 0 radical (unpaired) electrons. The second kappa shape index (κ2) is 6.74. The van der Waals surface area contributed by atoms with Crippen molar-refractivity contribution in [3.63, 3.8) is 0 Å². The van der Waals surface area contributed by atoms with Crippen molar-refractivity contribution in [2.24, 2.45) is 0 Å². The highest BCUT2D eigenvalue weighted by atomic mass is 16.5. The van der Waals surface area contributed by atoms with Crippen LogP contribution in [0.3, 0.4) is 0 Å². The van der Waals surface area contributed by atoms with Gasteiger partial charge in [-0.2, -0.15) is 0 Å². The maximum atomic E-state index is 11.7. The lowest BCUT2D eigenvalue weighted by Gasteiger charge is -1.98. The fourth-order valence-corrected chi connectivity index (χ4v) is 1.93. The van der Waals surface area contributed by atoms with Gasteiger partial charge in [0.15, 0.2) is 12.4 Å². The molecule has 0 aliphatic carbocycles. The Kier molecular flexibility index (Phi) is 4.33. The van der Waals surface area contributed by atoms with Crippen LogP contribution >= 0.6 is 0 Å². The SMILES string of the molecule is Cc1cccc(/C=C/C(=O)OCc2nnc(-c3ccco3)o2)c1. The van der Waals surface area contributed by atoms with Crippen LogP contribution in [0.1, 0.15) is 17.0 Å². The zero-order chi connectivity index (χ0) is 16.1. The van der Waals surface area contributed by atoms with E-state index in [4.69, 9.17) is 13.6 Å². The van der Waals surface area contributed by atoms with E-state index in [2.05, 4.69) is 10.2 Å². The van der Waals surface area contributed by atoms with E-state index >= 15 is 0 Å². The lowest BCUT2D eigenvalue weighted by atomic mass is 10.1. The van der Waals surface area contributed by atoms with Gasteiger partial charge in [-0.15, -0.1) is 10.2 Å². The summed E-state index contributed by atoms with van der Waals surface area (Å²) in [6.45, 7) is 1.90. The van der Waals surface area contributed by atoms with E-state index in [9.17, 15) is 4.79 Å². The van der Waals surface area contributed by atoms with Crippen molar-refractivity contribution in [3.8, 4) is 11.7 Å². The highest BCUT2D eigenvalue weighted by Crippen LogP contribution is 2.18. The molecule has 116 valence electrons. The molecule has 0 saturated heterocycles. The number of carbonyl (C=O) groups is 1. The molecule has 23 heavy (non-hydrogen) atoms. The van der Waals surface area contributed by atoms with Gasteiger partial charge in [-0.1, -0.05) is 29.8 Å². The van der Waals surface area contributed by atoms with Crippen LogP contribution in [0, 0.1) is 6.92 Å². The van der Waals surface area contributed by atoms with Crippen molar-refractivity contribution < 1.29 is 18.4 Å². The van der Waals surface area contributed by atoms with Crippen molar-refractivity contribution >= 4 is 12.0 Å². The first-order valence-electron chi connectivity index (χ1n) is 6.98. The van der Waals surface area contributed by atoms with Gasteiger partial charge in [-0.25, -0.2) is 4.79 Å². The fraction of sp³-hybridized carbons (Fsp3) is 0.118. The summed E-state index contributed by atoms with van der Waals surface area (Å²) in [5.41, 5.74) is 2.05. The van der Waals surface area contributed by atoms with Gasteiger partial charge in [0, 0.05) is 6.08 Å². The van der Waals surface area contributed by atoms with Crippen LogP contribution in [-0.2, 0) is 16.1 Å². The van der Waals surface area contributed by atoms with Crippen LogP contribution in [0.25, 0.3) is 17.7 Å². The Balaban J connectivity index is 1.55. The Hall–Kier alpha value is -3.15. The van der Waals surface area contributed by atoms with Crippen LogP contribution < -0.4 is 0 Å². The number of benzene rings is 1. The van der Waals surface area contributed by atoms with E-state index in [1.807, 2.05) is 31.2 Å². The number of carbonyl (C=O) groups excluding carboxylic acids is 1. The largest absolute Gasteiger partial charge is 0.459 e. The van der Waals surface area contributed by atoms with E-state index in [1.54, 1.807) is 18.2 Å². The third-order valence-electron chi connectivity index (χ3n) is 2.99. The van der Waals surface area contributed by atoms with Crippen molar-refractivity contribution in [1.82, 2.24) is 10.2 Å². The summed E-state index contributed by atoms with van der Waals surface area (Å²) in [4.78, 5) is 11.7. The number of rotatable bonds is 5. The van der Waals surface area contributed by atoms with Crippen LogP contribution in [-0.4, -0.2) is 16.2 Å². The number of furan rings is 1. The topological polar surface area (TPSA) is 78.4 Å². The molecule has 0 unspecified atom stereocenters. The van der Waals surface area contributed by atoms with E-state index in [-0.39, 0.29) is 18.4 Å². The quantitative estimate of drug-likeness (QED) is 0.531. The van der Waals surface area contributed by atoms with Gasteiger partial charge in [-0.05, 0) is 30.7 Å². The van der Waals surface area contributed by atoms with Crippen molar-refractivity contribution in [2.75, 3.05) is 0 Å². The standard InChI is InChI=1S/C17H14N2O4/c1-12-4-2-5-13(10-12)7-8-16(20)22-11-15-18-19-17(23-15)14-6-3-9-21-14/h2-10H,11H2,1H3/b8-7+. The average molecular weight is 310 g/mol. The first kappa shape index (κ1) is 14.8. The van der Waals surface area contributed by atoms with Crippen LogP contribution in [0.5, 0.6) is 0 Å². The highest BCUT2D eigenvalue weighted by molar-refractivity contribution is 5.87. The third-order valence-corrected chi connectivity index (χ3v) is 2.99. The zero-order valence-corrected chi connectivity index (χ0v) is 12.4. The summed E-state index contributed by atoms with van der Waals surface area (Å²) in [6.07, 6.45) is 4.56. The molecule has 3 rings (SSSR count). The Labute approximate surface area is 132 Å². The molecule has 0 amide bonds. The van der Waals surface area contributed by atoms with Crippen molar-refractivity contribution in [2.45, 2.75) is 13.5 Å². The number of hydrogen-bond acceptors (Lipinski definition) is 6. The zero-order valence-electron chi connectivity index (χ0n) is 12.4. The molecule has 1 aromatic carbocycles. The number of ether oxygens (including phenoxy) is 1. The van der Waals surface area contributed by atoms with Crippen molar-refractivity contribution in [1.29, 1.82) is 0 Å². The molecule has 2 aromatic heterocycles. The molecule has 6 heteroatoms. The molecule has 6 nitrogen and oxygen atoms in total. The number of aromatic nitrogens is 2. The predicted octanol–water partition coefficient (Wildman–Crippen LogP) is 3.39. The number of nitrogens with zero attached hydrogens (tertiary/aromatic N) is 2. The molecular formula is C17H14N2O4. The molecule has 0 saturated carbocycles. The first-order valence-corrected chi connectivity index (χ1v) is 6.98. The number of esters is 1. The molecule has 0 spiro atoms. The second-order valence-corrected chi connectivity index (χ2v) is 4.83. The molecule has 0 atom stereocenters. The van der Waals surface area contributed by atoms with Crippen LogP contribution in [0.4, 0.5) is 0 Å². The Morgan fingerprint density at radius 1 is 1.26 bits per heavy atom. The number of aryl methyl sites for hydroxylation is 1. The third kappa shape index (κ3) is 3.94. The summed E-state index contributed by atoms with van der Waals surface area (Å²) in [7, 11) is 0. The lowest BCUT2D eigenvalue weighted by Crippen LogP contribution is -2.00. The number of hydrogen-bond donors (Lipinski definition) is 0. The summed E-state index contributed by atoms with van der Waals surface area (Å²) >= 11 is 0. The van der Waals surface area contributed by atoms with E-state index < -0.39 is 5.97 Å². The smallest absolute Gasteiger partial charge is 0.331 e. The Bertz CT molecular complexity index is 819. The van der Waals surface area contributed by atoms with Gasteiger partial charge in [0.1, 0.15) is 0 Å². The molecule has 2 heterocycles.